The molecule has 1 saturated heterocycles. The number of hydrogen-bond acceptors (Lipinski definition) is 6. The summed E-state index contributed by atoms with van der Waals surface area (Å²) in [6.07, 6.45) is 4.09. The fraction of sp³-hybridized carbons (Fsp3) is 0.500. The summed E-state index contributed by atoms with van der Waals surface area (Å²) in [5.41, 5.74) is 1.62. The second-order valence-electron chi connectivity index (χ2n) is 7.17. The number of nitrogens with zero attached hydrogens (tertiary/aromatic N) is 7. The molecular weight excluding hydrogens is 346 g/mol. The number of aryl methyl sites for hydroxylation is 1. The van der Waals surface area contributed by atoms with Crippen LogP contribution in [0.5, 0.6) is 0 Å². The second kappa shape index (κ2) is 7.34. The smallest absolute Gasteiger partial charge is 0.274 e. The van der Waals surface area contributed by atoms with Crippen LogP contribution in [0.4, 0.5) is 5.95 Å². The van der Waals surface area contributed by atoms with E-state index >= 15 is 0 Å². The Kier molecular flexibility index (Phi) is 5.11. The zero-order chi connectivity index (χ0) is 19.7. The van der Waals surface area contributed by atoms with Crippen LogP contribution in [0.25, 0.3) is 0 Å². The monoisotopic (exact) mass is 371 g/mol. The highest BCUT2D eigenvalue weighted by molar-refractivity contribution is 5.95. The molecule has 9 heteroatoms. The fourth-order valence-corrected chi connectivity index (χ4v) is 3.18. The molecule has 27 heavy (non-hydrogen) atoms. The molecule has 2 aromatic heterocycles. The summed E-state index contributed by atoms with van der Waals surface area (Å²) >= 11 is 0. The quantitative estimate of drug-likeness (QED) is 0.782. The minimum absolute atomic E-state index is 0.0155. The van der Waals surface area contributed by atoms with Crippen LogP contribution in [-0.4, -0.2) is 82.6 Å². The van der Waals surface area contributed by atoms with Gasteiger partial charge in [0.2, 0.25) is 5.95 Å². The van der Waals surface area contributed by atoms with Gasteiger partial charge in [0.15, 0.2) is 0 Å². The maximum Gasteiger partial charge on any atom is 0.274 e. The van der Waals surface area contributed by atoms with E-state index in [9.17, 15) is 9.59 Å². The Balaban J connectivity index is 1.88. The van der Waals surface area contributed by atoms with E-state index < -0.39 is 0 Å². The second-order valence-corrected chi connectivity index (χ2v) is 7.17. The molecule has 0 radical (unpaired) electrons. The first-order valence-corrected chi connectivity index (χ1v) is 8.82. The van der Waals surface area contributed by atoms with Gasteiger partial charge >= 0.3 is 0 Å². The average molecular weight is 371 g/mol. The molecule has 0 bridgehead atoms. The lowest BCUT2D eigenvalue weighted by Gasteiger charge is -2.20. The first-order chi connectivity index (χ1) is 12.8. The molecule has 2 amide bonds. The number of carbonyl (C=O) groups excluding carboxylic acids is 2. The molecule has 3 rings (SSSR count). The van der Waals surface area contributed by atoms with Crippen molar-refractivity contribution in [3.05, 3.63) is 35.4 Å². The molecule has 1 aliphatic heterocycles. The minimum atomic E-state index is -0.134. The lowest BCUT2D eigenvalue weighted by molar-refractivity contribution is 0.0784. The van der Waals surface area contributed by atoms with E-state index in [1.807, 2.05) is 14.1 Å². The Morgan fingerprint density at radius 2 is 1.96 bits per heavy atom. The van der Waals surface area contributed by atoms with Gasteiger partial charge in [-0.3, -0.25) is 14.3 Å². The third-order valence-corrected chi connectivity index (χ3v) is 4.64. The third-order valence-electron chi connectivity index (χ3n) is 4.64. The maximum absolute atomic E-state index is 12.7. The van der Waals surface area contributed by atoms with Crippen LogP contribution >= 0.6 is 0 Å². The van der Waals surface area contributed by atoms with Crippen LogP contribution in [0, 0.1) is 0 Å². The van der Waals surface area contributed by atoms with E-state index in [2.05, 4.69) is 15.1 Å². The largest absolute Gasteiger partial charge is 0.347 e. The predicted octanol–water partition coefficient (Wildman–Crippen LogP) is 0.608. The number of likely N-dealkylation sites (tertiary alicyclic amines) is 1. The Morgan fingerprint density at radius 3 is 2.56 bits per heavy atom. The summed E-state index contributed by atoms with van der Waals surface area (Å²) in [7, 11) is 8.91. The number of amides is 2. The van der Waals surface area contributed by atoms with Crippen molar-refractivity contribution < 1.29 is 9.59 Å². The van der Waals surface area contributed by atoms with Gasteiger partial charge in [-0.1, -0.05) is 0 Å². The van der Waals surface area contributed by atoms with E-state index in [0.29, 0.717) is 36.0 Å². The highest BCUT2D eigenvalue weighted by Gasteiger charge is 2.33. The van der Waals surface area contributed by atoms with Gasteiger partial charge in [-0.05, 0) is 12.5 Å². The first kappa shape index (κ1) is 18.8. The highest BCUT2D eigenvalue weighted by Crippen LogP contribution is 2.30. The van der Waals surface area contributed by atoms with Crippen LogP contribution in [0.15, 0.2) is 18.5 Å². The zero-order valence-corrected chi connectivity index (χ0v) is 16.4. The fourth-order valence-electron chi connectivity index (χ4n) is 3.18. The van der Waals surface area contributed by atoms with Crippen molar-refractivity contribution in [1.82, 2.24) is 29.5 Å². The Bertz CT molecular complexity index is 859. The van der Waals surface area contributed by atoms with E-state index in [0.717, 1.165) is 6.42 Å². The van der Waals surface area contributed by atoms with E-state index in [1.165, 1.54) is 4.90 Å². The van der Waals surface area contributed by atoms with Crippen LogP contribution in [-0.2, 0) is 7.05 Å². The predicted molar refractivity (Wildman–Crippen MR) is 101 cm³/mol. The van der Waals surface area contributed by atoms with Gasteiger partial charge in [0.05, 0.1) is 11.3 Å². The molecule has 0 aromatic carbocycles. The minimum Gasteiger partial charge on any atom is -0.347 e. The number of aromatic nitrogens is 4. The van der Waals surface area contributed by atoms with Gasteiger partial charge in [0, 0.05) is 66.6 Å². The lowest BCUT2D eigenvalue weighted by Crippen LogP contribution is -2.30. The highest BCUT2D eigenvalue weighted by atomic mass is 16.2. The summed E-state index contributed by atoms with van der Waals surface area (Å²) in [4.78, 5) is 39.3. The van der Waals surface area contributed by atoms with E-state index in [4.69, 9.17) is 0 Å². The van der Waals surface area contributed by atoms with Gasteiger partial charge in [-0.2, -0.15) is 5.10 Å². The normalized spacial score (nSPS) is 16.5. The number of carbonyl (C=O) groups is 2. The Labute approximate surface area is 158 Å². The van der Waals surface area contributed by atoms with Crippen LogP contribution in [0.2, 0.25) is 0 Å². The van der Waals surface area contributed by atoms with Crippen LogP contribution in [0.1, 0.15) is 38.9 Å². The molecule has 0 N–H and O–H groups in total. The first-order valence-electron chi connectivity index (χ1n) is 8.82. The molecule has 0 spiro atoms. The van der Waals surface area contributed by atoms with Gasteiger partial charge in [-0.15, -0.1) is 0 Å². The number of rotatable bonds is 4. The molecule has 0 aliphatic carbocycles. The van der Waals surface area contributed by atoms with Gasteiger partial charge in [-0.25, -0.2) is 9.97 Å². The molecular formula is C18H25N7O2. The van der Waals surface area contributed by atoms with Crippen molar-refractivity contribution in [1.29, 1.82) is 0 Å². The molecule has 3 heterocycles. The molecule has 1 atom stereocenters. The summed E-state index contributed by atoms with van der Waals surface area (Å²) in [5, 5.41) is 4.19. The average Bonchev–Trinajstić information content (AvgIpc) is 3.29. The lowest BCUT2D eigenvalue weighted by atomic mass is 9.99. The molecule has 1 unspecified atom stereocenters. The summed E-state index contributed by atoms with van der Waals surface area (Å²) in [6, 6.07) is 1.71. The Morgan fingerprint density at radius 1 is 1.22 bits per heavy atom. The summed E-state index contributed by atoms with van der Waals surface area (Å²) in [5.74, 6) is 0.304. The molecule has 1 fully saturated rings. The number of hydrogen-bond donors (Lipinski definition) is 0. The third kappa shape index (κ3) is 3.76. The van der Waals surface area contributed by atoms with Crippen molar-refractivity contribution in [3.63, 3.8) is 0 Å². The van der Waals surface area contributed by atoms with Crippen molar-refractivity contribution in [3.8, 4) is 0 Å². The molecule has 0 saturated carbocycles. The summed E-state index contributed by atoms with van der Waals surface area (Å²) in [6.45, 7) is 1.12. The van der Waals surface area contributed by atoms with Crippen molar-refractivity contribution in [2.75, 3.05) is 46.2 Å². The Hall–Kier alpha value is -2.97. The van der Waals surface area contributed by atoms with Crippen molar-refractivity contribution in [2.24, 2.45) is 7.05 Å². The molecule has 1 aliphatic rings. The SMILES string of the molecule is CN(C)C(=O)c1cnc(N(C)C)nc1C1CCN(C(=O)c2ccn(C)n2)C1. The standard InChI is InChI=1S/C18H25N7O2/c1-22(2)16(26)13-10-19-18(23(3)4)20-15(13)12-6-9-25(11-12)17(27)14-7-8-24(5)21-14/h7-8,10,12H,6,9,11H2,1-5H3. The van der Waals surface area contributed by atoms with Gasteiger partial charge in [0.25, 0.3) is 11.8 Å². The topological polar surface area (TPSA) is 87.5 Å². The van der Waals surface area contributed by atoms with Gasteiger partial charge < -0.3 is 14.7 Å². The van der Waals surface area contributed by atoms with Gasteiger partial charge in [0.1, 0.15) is 5.69 Å². The molecule has 144 valence electrons. The van der Waals surface area contributed by atoms with Crippen LogP contribution in [0.3, 0.4) is 0 Å². The molecule has 9 nitrogen and oxygen atoms in total. The molecule has 2 aromatic rings. The summed E-state index contributed by atoms with van der Waals surface area (Å²) < 4.78 is 1.61. The van der Waals surface area contributed by atoms with Crippen molar-refractivity contribution in [2.45, 2.75) is 12.3 Å². The van der Waals surface area contributed by atoms with Crippen molar-refractivity contribution >= 4 is 17.8 Å². The van der Waals surface area contributed by atoms with E-state index in [1.54, 1.807) is 54.1 Å². The van der Waals surface area contributed by atoms with E-state index in [-0.39, 0.29) is 17.7 Å². The van der Waals surface area contributed by atoms with Crippen LogP contribution < -0.4 is 4.90 Å². The number of anilines is 1. The maximum atomic E-state index is 12.7. The zero-order valence-electron chi connectivity index (χ0n) is 16.4.